The molecule has 2 saturated heterocycles. The third-order valence-corrected chi connectivity index (χ3v) is 9.59. The van der Waals surface area contributed by atoms with E-state index < -0.39 is 9.84 Å². The molecule has 0 aromatic heterocycles. The second kappa shape index (κ2) is 10.7. The predicted molar refractivity (Wildman–Crippen MR) is 127 cm³/mol. The van der Waals surface area contributed by atoms with Gasteiger partial charge in [0.2, 0.25) is 5.91 Å². The highest BCUT2D eigenvalue weighted by Crippen LogP contribution is 2.39. The van der Waals surface area contributed by atoms with Crippen LogP contribution in [0.3, 0.4) is 0 Å². The number of hydrogen-bond acceptors (Lipinski definition) is 5. The molecule has 2 aliphatic heterocycles. The molecule has 1 aromatic carbocycles. The summed E-state index contributed by atoms with van der Waals surface area (Å²) < 4.78 is 32.1. The van der Waals surface area contributed by atoms with Crippen LogP contribution < -0.4 is 0 Å². The van der Waals surface area contributed by atoms with E-state index in [0.29, 0.717) is 11.4 Å². The van der Waals surface area contributed by atoms with Crippen molar-refractivity contribution < 1.29 is 17.9 Å². The molecular formula is C25H40N2O4S. The summed E-state index contributed by atoms with van der Waals surface area (Å²) in [7, 11) is -1.65. The number of amides is 1. The zero-order valence-electron chi connectivity index (χ0n) is 20.1. The number of hydrazine groups is 1. The summed E-state index contributed by atoms with van der Waals surface area (Å²) in [6, 6.07) is 8.80. The molecule has 0 radical (unpaired) electrons. The van der Waals surface area contributed by atoms with Gasteiger partial charge in [0.1, 0.15) is 0 Å². The van der Waals surface area contributed by atoms with Gasteiger partial charge in [-0.3, -0.25) is 9.80 Å². The molecule has 0 N–H and O–H groups in total. The first-order chi connectivity index (χ1) is 15.3. The van der Waals surface area contributed by atoms with E-state index in [1.807, 2.05) is 11.1 Å². The van der Waals surface area contributed by atoms with Gasteiger partial charge >= 0.3 is 0 Å². The second-order valence-electron chi connectivity index (χ2n) is 9.30. The van der Waals surface area contributed by atoms with Crippen molar-refractivity contribution in [1.82, 2.24) is 10.0 Å². The molecule has 2 heterocycles. The zero-order chi connectivity index (χ0) is 23.4. The molecule has 0 bridgehead atoms. The van der Waals surface area contributed by atoms with Crippen LogP contribution in [0.2, 0.25) is 0 Å². The maximum Gasteiger partial charge on any atom is 0.240 e. The smallest absolute Gasteiger partial charge is 0.240 e. The average molecular weight is 465 g/mol. The minimum absolute atomic E-state index is 0.0322. The third-order valence-electron chi connectivity index (χ3n) is 7.73. The van der Waals surface area contributed by atoms with Crippen LogP contribution in [0, 0.1) is 11.8 Å². The van der Waals surface area contributed by atoms with Gasteiger partial charge in [-0.25, -0.2) is 13.4 Å². The normalized spacial score (nSPS) is 23.8. The lowest BCUT2D eigenvalue weighted by molar-refractivity contribution is -0.163. The lowest BCUT2D eigenvalue weighted by Gasteiger charge is -2.44. The molecule has 180 valence electrons. The van der Waals surface area contributed by atoms with Crippen LogP contribution >= 0.6 is 0 Å². The number of methoxy groups -OCH3 is 1. The maximum absolute atomic E-state index is 13.6. The minimum atomic E-state index is -3.43. The molecule has 0 saturated carbocycles. The number of carbonyl (C=O) groups excluding carboxylic acids is 1. The van der Waals surface area contributed by atoms with Gasteiger partial charge in [0.25, 0.3) is 0 Å². The largest absolute Gasteiger partial charge is 0.377 e. The van der Waals surface area contributed by atoms with Crippen LogP contribution in [0.25, 0.3) is 0 Å². The third kappa shape index (κ3) is 4.90. The predicted octanol–water partition coefficient (Wildman–Crippen LogP) is 4.31. The van der Waals surface area contributed by atoms with Crippen LogP contribution in [0.15, 0.2) is 35.2 Å². The summed E-state index contributed by atoms with van der Waals surface area (Å²) in [6.07, 6.45) is 6.20. The van der Waals surface area contributed by atoms with Crippen molar-refractivity contribution in [2.24, 2.45) is 11.8 Å². The van der Waals surface area contributed by atoms with E-state index in [-0.39, 0.29) is 35.1 Å². The Morgan fingerprint density at radius 1 is 1.09 bits per heavy atom. The van der Waals surface area contributed by atoms with E-state index in [4.69, 9.17) is 4.74 Å². The molecule has 0 spiro atoms. The van der Waals surface area contributed by atoms with Gasteiger partial charge in [-0.05, 0) is 56.6 Å². The summed E-state index contributed by atoms with van der Waals surface area (Å²) in [4.78, 5) is 14.0. The van der Waals surface area contributed by atoms with Crippen molar-refractivity contribution in [3.63, 3.8) is 0 Å². The van der Waals surface area contributed by atoms with Gasteiger partial charge in [-0.2, -0.15) is 0 Å². The number of hydrogen-bond donors (Lipinski definition) is 0. The number of rotatable bonds is 11. The van der Waals surface area contributed by atoms with Gasteiger partial charge in [-0.15, -0.1) is 0 Å². The van der Waals surface area contributed by atoms with Gasteiger partial charge in [0, 0.05) is 26.1 Å². The Balaban J connectivity index is 1.79. The summed E-state index contributed by atoms with van der Waals surface area (Å²) >= 11 is 0. The summed E-state index contributed by atoms with van der Waals surface area (Å²) in [5, 5.41) is 4.17. The molecule has 3 rings (SSSR count). The number of carbonyl (C=O) groups is 1. The van der Waals surface area contributed by atoms with Gasteiger partial charge in [-0.1, -0.05) is 45.4 Å². The molecule has 1 amide bonds. The van der Waals surface area contributed by atoms with Crippen LogP contribution in [-0.2, 0) is 19.4 Å². The topological polar surface area (TPSA) is 66.9 Å². The first-order valence-electron chi connectivity index (χ1n) is 12.2. The highest BCUT2D eigenvalue weighted by atomic mass is 32.2. The lowest BCUT2D eigenvalue weighted by Crippen LogP contribution is -2.57. The van der Waals surface area contributed by atoms with Crippen LogP contribution in [0.1, 0.15) is 65.7 Å². The van der Waals surface area contributed by atoms with Crippen LogP contribution in [0.4, 0.5) is 0 Å². The highest BCUT2D eigenvalue weighted by Gasteiger charge is 2.48. The molecule has 7 heteroatoms. The average Bonchev–Trinajstić information content (AvgIpc) is 3.43. The fourth-order valence-electron chi connectivity index (χ4n) is 5.88. The van der Waals surface area contributed by atoms with E-state index in [1.165, 1.54) is 0 Å². The molecular weight excluding hydrogens is 424 g/mol. The second-order valence-corrected chi connectivity index (χ2v) is 11.3. The first kappa shape index (κ1) is 25.2. The SMILES string of the molecule is CCC[C@H](CS(=O)(=O)c1ccccc1)[C@H]1CCN(N2CCC[C@H]2C(CC)(CC)OC)C1=O. The Morgan fingerprint density at radius 2 is 1.78 bits per heavy atom. The molecule has 2 fully saturated rings. The van der Waals surface area contributed by atoms with E-state index in [2.05, 4.69) is 25.8 Å². The van der Waals surface area contributed by atoms with Crippen LogP contribution in [-0.4, -0.2) is 61.9 Å². The van der Waals surface area contributed by atoms with Crippen molar-refractivity contribution in [3.05, 3.63) is 30.3 Å². The van der Waals surface area contributed by atoms with Crippen molar-refractivity contribution in [2.45, 2.75) is 82.3 Å². The molecule has 32 heavy (non-hydrogen) atoms. The van der Waals surface area contributed by atoms with Crippen molar-refractivity contribution in [1.29, 1.82) is 0 Å². The standard InChI is InChI=1S/C25H40N2O4S/c1-5-12-20(19-32(29,30)21-13-9-8-10-14-21)22-16-18-27(24(22)28)26-17-11-15-23(26)25(6-2,7-3)31-4/h8-10,13-14,20,22-23H,5-7,11-12,15-19H2,1-4H3/t20-,22-,23+/m1/s1. The number of sulfone groups is 1. The molecule has 0 unspecified atom stereocenters. The van der Waals surface area contributed by atoms with Crippen LogP contribution in [0.5, 0.6) is 0 Å². The molecule has 2 aliphatic rings. The summed E-state index contributed by atoms with van der Waals surface area (Å²) in [5.41, 5.74) is -0.256. The van der Waals surface area contributed by atoms with Crippen molar-refractivity contribution in [3.8, 4) is 0 Å². The van der Waals surface area contributed by atoms with Crippen molar-refractivity contribution >= 4 is 15.7 Å². The summed E-state index contributed by atoms with van der Waals surface area (Å²) in [6.45, 7) is 7.90. The molecule has 6 nitrogen and oxygen atoms in total. The lowest BCUT2D eigenvalue weighted by atomic mass is 9.87. The fraction of sp³-hybridized carbons (Fsp3) is 0.720. The summed E-state index contributed by atoms with van der Waals surface area (Å²) in [5.74, 6) is -0.274. The van der Waals surface area contributed by atoms with Gasteiger partial charge in [0.15, 0.2) is 9.84 Å². The first-order valence-corrected chi connectivity index (χ1v) is 13.9. The molecule has 1 aromatic rings. The van der Waals surface area contributed by atoms with Gasteiger partial charge in [0.05, 0.1) is 22.3 Å². The van der Waals surface area contributed by atoms with Gasteiger partial charge < -0.3 is 4.74 Å². The Labute approximate surface area is 194 Å². The Morgan fingerprint density at radius 3 is 2.38 bits per heavy atom. The Kier molecular flexibility index (Phi) is 8.39. The van der Waals surface area contributed by atoms with E-state index >= 15 is 0 Å². The number of benzene rings is 1. The number of nitrogens with zero attached hydrogens (tertiary/aromatic N) is 2. The Bertz CT molecular complexity index is 846. The number of ether oxygens (including phenoxy) is 1. The zero-order valence-corrected chi connectivity index (χ0v) is 20.9. The quantitative estimate of drug-likeness (QED) is 0.488. The minimum Gasteiger partial charge on any atom is -0.377 e. The van der Waals surface area contributed by atoms with E-state index in [0.717, 1.165) is 51.5 Å². The maximum atomic E-state index is 13.6. The monoisotopic (exact) mass is 464 g/mol. The Hall–Kier alpha value is -1.44. The van der Waals surface area contributed by atoms with E-state index in [1.54, 1.807) is 31.4 Å². The molecule has 0 aliphatic carbocycles. The van der Waals surface area contributed by atoms with Crippen molar-refractivity contribution in [2.75, 3.05) is 26.0 Å². The van der Waals surface area contributed by atoms with E-state index in [9.17, 15) is 13.2 Å². The highest BCUT2D eigenvalue weighted by molar-refractivity contribution is 7.91. The molecule has 3 atom stereocenters. The fourth-order valence-corrected chi connectivity index (χ4v) is 7.60.